The fourth-order valence-electron chi connectivity index (χ4n) is 4.56. The van der Waals surface area contributed by atoms with Crippen LogP contribution in [-0.2, 0) is 45.4 Å². The Morgan fingerprint density at radius 3 is 1.32 bits per heavy atom. The lowest BCUT2D eigenvalue weighted by Gasteiger charge is -2.35. The van der Waals surface area contributed by atoms with Crippen molar-refractivity contribution in [1.82, 2.24) is 0 Å². The van der Waals surface area contributed by atoms with E-state index in [0.717, 1.165) is 22.3 Å². The summed E-state index contributed by atoms with van der Waals surface area (Å²) in [5, 5.41) is 21.0. The van der Waals surface area contributed by atoms with Gasteiger partial charge in [0.05, 0.1) is 39.1 Å². The molecule has 4 aromatic carbocycles. The summed E-state index contributed by atoms with van der Waals surface area (Å²) in [4.78, 5) is 0. The summed E-state index contributed by atoms with van der Waals surface area (Å²) in [7, 11) is 0. The predicted octanol–water partition coefficient (Wildman–Crippen LogP) is 5.70. The minimum absolute atomic E-state index is 0.254. The maximum absolute atomic E-state index is 11.0. The van der Waals surface area contributed by atoms with E-state index in [9.17, 15) is 10.2 Å². The van der Waals surface area contributed by atoms with Gasteiger partial charge in [-0.1, -0.05) is 121 Å². The van der Waals surface area contributed by atoms with Crippen LogP contribution in [-0.4, -0.2) is 47.8 Å². The van der Waals surface area contributed by atoms with E-state index in [2.05, 4.69) is 0 Å². The first-order chi connectivity index (χ1) is 20.2. The molecule has 0 spiro atoms. The van der Waals surface area contributed by atoms with Crippen LogP contribution in [0.15, 0.2) is 121 Å². The van der Waals surface area contributed by atoms with Crippen LogP contribution >= 0.6 is 0 Å². The topological polar surface area (TPSA) is 77.4 Å². The highest BCUT2D eigenvalue weighted by Gasteiger charge is 2.37. The molecule has 0 aliphatic rings. The number of rotatable bonds is 18. The average Bonchev–Trinajstić information content (AvgIpc) is 3.04. The Labute approximate surface area is 243 Å². The molecule has 0 bridgehead atoms. The van der Waals surface area contributed by atoms with Gasteiger partial charge in [0.15, 0.2) is 0 Å². The third-order valence-corrected chi connectivity index (χ3v) is 6.79. The van der Waals surface area contributed by atoms with Crippen molar-refractivity contribution in [3.63, 3.8) is 0 Å². The van der Waals surface area contributed by atoms with Crippen LogP contribution in [0.3, 0.4) is 0 Å². The number of ether oxygens (including phenoxy) is 4. The minimum Gasteiger partial charge on any atom is -0.394 e. The minimum atomic E-state index is -1.17. The van der Waals surface area contributed by atoms with Crippen molar-refractivity contribution in [3.05, 3.63) is 144 Å². The molecule has 41 heavy (non-hydrogen) atoms. The van der Waals surface area contributed by atoms with Crippen LogP contribution in [0.5, 0.6) is 0 Å². The maximum atomic E-state index is 11.0. The Morgan fingerprint density at radius 2 is 0.878 bits per heavy atom. The maximum Gasteiger partial charge on any atom is 0.115 e. The van der Waals surface area contributed by atoms with Crippen molar-refractivity contribution in [1.29, 1.82) is 0 Å². The normalized spacial score (nSPS) is 14.3. The summed E-state index contributed by atoms with van der Waals surface area (Å²) in [6.07, 6.45) is -2.70. The quantitative estimate of drug-likeness (QED) is 0.153. The third kappa shape index (κ3) is 10.5. The largest absolute Gasteiger partial charge is 0.394 e. The van der Waals surface area contributed by atoms with Gasteiger partial charge in [-0.2, -0.15) is 0 Å². The lowest BCUT2D eigenvalue weighted by molar-refractivity contribution is -0.187. The molecule has 4 atom stereocenters. The zero-order valence-corrected chi connectivity index (χ0v) is 23.3. The molecule has 2 unspecified atom stereocenters. The summed E-state index contributed by atoms with van der Waals surface area (Å²) in [5.41, 5.74) is 4.05. The average molecular weight is 557 g/mol. The van der Waals surface area contributed by atoms with Crippen LogP contribution in [0.1, 0.15) is 28.7 Å². The highest BCUT2D eigenvalue weighted by Crippen LogP contribution is 2.23. The molecular weight excluding hydrogens is 516 g/mol. The number of aliphatic hydroxyl groups is 2. The second-order valence-corrected chi connectivity index (χ2v) is 9.93. The summed E-state index contributed by atoms with van der Waals surface area (Å²) in [5.74, 6) is 0. The Hall–Kier alpha value is -3.36. The lowest BCUT2D eigenvalue weighted by Crippen LogP contribution is -2.50. The summed E-state index contributed by atoms with van der Waals surface area (Å²) in [6.45, 7) is 1.33. The van der Waals surface area contributed by atoms with Crippen LogP contribution in [0.2, 0.25) is 0 Å². The standard InChI is InChI=1S/C35H40O6/c36-23-32(37)34(40-26-30-17-9-3-10-18-30)35(41-27-31-19-11-4-12-20-31)33(39-25-29-15-7-2-8-16-29)21-22-38-24-28-13-5-1-6-14-28/h1-20,32-37H,21-27H2/t32-,33+,34?,35?/m1/s1. The Morgan fingerprint density at radius 1 is 0.488 bits per heavy atom. The fourth-order valence-corrected chi connectivity index (χ4v) is 4.56. The van der Waals surface area contributed by atoms with Crippen LogP contribution < -0.4 is 0 Å². The fraction of sp³-hybridized carbons (Fsp3) is 0.314. The monoisotopic (exact) mass is 556 g/mol. The van der Waals surface area contributed by atoms with Crippen LogP contribution in [0.4, 0.5) is 0 Å². The molecule has 0 aliphatic carbocycles. The van der Waals surface area contributed by atoms with E-state index in [0.29, 0.717) is 32.8 Å². The smallest absolute Gasteiger partial charge is 0.115 e. The first kappa shape index (κ1) is 30.6. The van der Waals surface area contributed by atoms with Gasteiger partial charge in [-0.15, -0.1) is 0 Å². The summed E-state index contributed by atoms with van der Waals surface area (Å²) in [6, 6.07) is 39.5. The number of hydrogen-bond donors (Lipinski definition) is 2. The van der Waals surface area contributed by atoms with E-state index in [-0.39, 0.29) is 6.61 Å². The summed E-state index contributed by atoms with van der Waals surface area (Å²) < 4.78 is 25.3. The third-order valence-electron chi connectivity index (χ3n) is 6.79. The molecule has 0 saturated heterocycles. The van der Waals surface area contributed by atoms with Gasteiger partial charge in [0, 0.05) is 6.61 Å². The molecule has 0 radical (unpaired) electrons. The lowest BCUT2D eigenvalue weighted by atomic mass is 10.00. The second kappa shape index (κ2) is 17.5. The van der Waals surface area contributed by atoms with Gasteiger partial charge in [-0.3, -0.25) is 0 Å². The molecule has 0 fully saturated rings. The zero-order chi connectivity index (χ0) is 28.5. The second-order valence-electron chi connectivity index (χ2n) is 9.93. The van der Waals surface area contributed by atoms with Gasteiger partial charge in [0.1, 0.15) is 18.3 Å². The SMILES string of the molecule is OC[C@@H](O)C(OCc1ccccc1)C(OCc1ccccc1)[C@H](CCOCc1ccccc1)OCc1ccccc1. The highest BCUT2D eigenvalue weighted by atomic mass is 16.6. The van der Waals surface area contributed by atoms with Crippen LogP contribution in [0.25, 0.3) is 0 Å². The van der Waals surface area contributed by atoms with Crippen molar-refractivity contribution in [2.45, 2.75) is 57.3 Å². The Balaban J connectivity index is 1.54. The molecule has 6 nitrogen and oxygen atoms in total. The van der Waals surface area contributed by atoms with Gasteiger partial charge >= 0.3 is 0 Å². The van der Waals surface area contributed by atoms with Gasteiger partial charge in [-0.25, -0.2) is 0 Å². The Bertz CT molecular complexity index is 1210. The van der Waals surface area contributed by atoms with E-state index >= 15 is 0 Å². The predicted molar refractivity (Wildman–Crippen MR) is 159 cm³/mol. The van der Waals surface area contributed by atoms with Crippen molar-refractivity contribution in [2.75, 3.05) is 13.2 Å². The zero-order valence-electron chi connectivity index (χ0n) is 23.3. The number of aliphatic hydroxyl groups excluding tert-OH is 2. The molecule has 4 aromatic rings. The number of benzene rings is 4. The molecule has 2 N–H and O–H groups in total. The highest BCUT2D eigenvalue weighted by molar-refractivity contribution is 5.16. The van der Waals surface area contributed by atoms with Gasteiger partial charge in [-0.05, 0) is 28.7 Å². The molecule has 6 heteroatoms. The molecule has 0 aromatic heterocycles. The van der Waals surface area contributed by atoms with Crippen LogP contribution in [0, 0.1) is 0 Å². The van der Waals surface area contributed by atoms with E-state index in [1.54, 1.807) is 0 Å². The van der Waals surface area contributed by atoms with Gasteiger partial charge in [0.25, 0.3) is 0 Å². The van der Waals surface area contributed by atoms with E-state index in [1.165, 1.54) is 0 Å². The molecule has 0 heterocycles. The molecule has 0 amide bonds. The molecule has 216 valence electrons. The molecule has 4 rings (SSSR count). The molecule has 0 aliphatic heterocycles. The van der Waals surface area contributed by atoms with Gasteiger partial charge < -0.3 is 29.2 Å². The molecule has 0 saturated carbocycles. The van der Waals surface area contributed by atoms with Crippen molar-refractivity contribution in [2.24, 2.45) is 0 Å². The number of hydrogen-bond acceptors (Lipinski definition) is 6. The first-order valence-electron chi connectivity index (χ1n) is 14.1. The van der Waals surface area contributed by atoms with Gasteiger partial charge in [0.2, 0.25) is 0 Å². The van der Waals surface area contributed by atoms with E-state index in [1.807, 2.05) is 121 Å². The van der Waals surface area contributed by atoms with Crippen molar-refractivity contribution in [3.8, 4) is 0 Å². The van der Waals surface area contributed by atoms with E-state index in [4.69, 9.17) is 18.9 Å². The van der Waals surface area contributed by atoms with E-state index < -0.39 is 31.0 Å². The summed E-state index contributed by atoms with van der Waals surface area (Å²) >= 11 is 0. The Kier molecular flexibility index (Phi) is 13.0. The molecular formula is C35H40O6. The first-order valence-corrected chi connectivity index (χ1v) is 14.1. The van der Waals surface area contributed by atoms with Crippen molar-refractivity contribution < 1.29 is 29.2 Å². The van der Waals surface area contributed by atoms with Crippen molar-refractivity contribution >= 4 is 0 Å².